The first-order valence-electron chi connectivity index (χ1n) is 7.55. The zero-order valence-corrected chi connectivity index (χ0v) is 13.0. The first-order chi connectivity index (χ1) is 10.6. The van der Waals surface area contributed by atoms with Gasteiger partial charge in [0.1, 0.15) is 6.04 Å². The van der Waals surface area contributed by atoms with Crippen LogP contribution in [0.25, 0.3) is 0 Å². The fourth-order valence-electron chi connectivity index (χ4n) is 2.58. The maximum absolute atomic E-state index is 12.2. The molecule has 1 saturated heterocycles. The van der Waals surface area contributed by atoms with E-state index in [0.29, 0.717) is 26.3 Å². The second kappa shape index (κ2) is 6.14. The molecule has 120 valence electrons. The lowest BCUT2D eigenvalue weighted by atomic mass is 9.84. The molecule has 6 nitrogen and oxygen atoms in total. The molecule has 0 spiro atoms. The molecule has 6 heteroatoms. The van der Waals surface area contributed by atoms with E-state index in [-0.39, 0.29) is 24.2 Å². The van der Waals surface area contributed by atoms with Crippen LogP contribution in [0.1, 0.15) is 19.4 Å². The highest BCUT2D eigenvalue weighted by atomic mass is 16.7. The molecule has 1 fully saturated rings. The Hall–Kier alpha value is -1.79. The molecule has 0 aromatic heterocycles. The van der Waals surface area contributed by atoms with Gasteiger partial charge in [-0.15, -0.1) is 0 Å². The number of benzene rings is 1. The number of hydrogen-bond acceptors (Lipinski definition) is 5. The number of amides is 1. The Balaban J connectivity index is 1.61. The molecule has 1 amide bonds. The highest BCUT2D eigenvalue weighted by Gasteiger charge is 2.27. The van der Waals surface area contributed by atoms with Gasteiger partial charge >= 0.3 is 0 Å². The summed E-state index contributed by atoms with van der Waals surface area (Å²) in [5.74, 6) is 1.51. The summed E-state index contributed by atoms with van der Waals surface area (Å²) in [4.78, 5) is 12.2. The van der Waals surface area contributed by atoms with E-state index < -0.39 is 0 Å². The molecule has 1 aromatic carbocycles. The van der Waals surface area contributed by atoms with Crippen molar-refractivity contribution in [2.45, 2.75) is 25.3 Å². The Labute approximate surface area is 130 Å². The van der Waals surface area contributed by atoms with Gasteiger partial charge in [0.25, 0.3) is 0 Å². The van der Waals surface area contributed by atoms with Crippen LogP contribution in [0.15, 0.2) is 18.2 Å². The third-order valence-corrected chi connectivity index (χ3v) is 4.10. The maximum atomic E-state index is 12.2. The smallest absolute Gasteiger partial charge is 0.239 e. The van der Waals surface area contributed by atoms with Crippen LogP contribution < -0.4 is 20.1 Å². The Morgan fingerprint density at radius 3 is 2.95 bits per heavy atom. The number of nitrogens with one attached hydrogen (secondary N) is 2. The molecule has 2 N–H and O–H groups in total. The van der Waals surface area contributed by atoms with Crippen molar-refractivity contribution in [3.05, 3.63) is 23.8 Å². The van der Waals surface area contributed by atoms with Gasteiger partial charge in [0, 0.05) is 18.5 Å². The summed E-state index contributed by atoms with van der Waals surface area (Å²) >= 11 is 0. The maximum Gasteiger partial charge on any atom is 0.239 e. The van der Waals surface area contributed by atoms with Crippen molar-refractivity contribution in [1.82, 2.24) is 10.6 Å². The molecule has 0 aliphatic carbocycles. The third kappa shape index (κ3) is 3.18. The summed E-state index contributed by atoms with van der Waals surface area (Å²) < 4.78 is 16.1. The highest BCUT2D eigenvalue weighted by Crippen LogP contribution is 2.36. The summed E-state index contributed by atoms with van der Waals surface area (Å²) in [5, 5.41) is 6.16. The molecule has 3 rings (SSSR count). The fraction of sp³-hybridized carbons (Fsp3) is 0.562. The van der Waals surface area contributed by atoms with E-state index in [2.05, 4.69) is 24.5 Å². The van der Waals surface area contributed by atoms with Gasteiger partial charge in [-0.05, 0) is 17.7 Å². The molecule has 2 aliphatic rings. The van der Waals surface area contributed by atoms with Crippen LogP contribution in [-0.4, -0.2) is 45.0 Å². The van der Waals surface area contributed by atoms with E-state index in [1.54, 1.807) is 0 Å². The number of carbonyl (C=O) groups is 1. The monoisotopic (exact) mass is 306 g/mol. The predicted molar refractivity (Wildman–Crippen MR) is 81.2 cm³/mol. The van der Waals surface area contributed by atoms with E-state index in [9.17, 15) is 4.79 Å². The number of carbonyl (C=O) groups excluding carboxylic acids is 1. The Morgan fingerprint density at radius 1 is 1.36 bits per heavy atom. The lowest BCUT2D eigenvalue weighted by Gasteiger charge is -2.28. The number of morpholine rings is 1. The normalized spacial score (nSPS) is 20.7. The van der Waals surface area contributed by atoms with Gasteiger partial charge in [-0.3, -0.25) is 4.79 Å². The quantitative estimate of drug-likeness (QED) is 0.861. The van der Waals surface area contributed by atoms with Crippen LogP contribution >= 0.6 is 0 Å². The zero-order chi connectivity index (χ0) is 15.6. The van der Waals surface area contributed by atoms with Crippen molar-refractivity contribution in [3.8, 4) is 11.5 Å². The topological polar surface area (TPSA) is 68.8 Å². The molecule has 0 saturated carbocycles. The van der Waals surface area contributed by atoms with Crippen molar-refractivity contribution >= 4 is 5.91 Å². The first-order valence-corrected chi connectivity index (χ1v) is 7.55. The molecular formula is C16H22N2O4. The summed E-state index contributed by atoms with van der Waals surface area (Å²) in [6.07, 6.45) is 0. The predicted octanol–water partition coefficient (Wildman–Crippen LogP) is 0.797. The molecule has 1 atom stereocenters. The average Bonchev–Trinajstić information content (AvgIpc) is 3.01. The van der Waals surface area contributed by atoms with Crippen LogP contribution in [0, 0.1) is 0 Å². The van der Waals surface area contributed by atoms with Gasteiger partial charge in [0.15, 0.2) is 11.5 Å². The van der Waals surface area contributed by atoms with Crippen LogP contribution in [0.5, 0.6) is 11.5 Å². The molecule has 2 heterocycles. The Kier molecular flexibility index (Phi) is 4.22. The van der Waals surface area contributed by atoms with Gasteiger partial charge in [0.2, 0.25) is 12.7 Å². The summed E-state index contributed by atoms with van der Waals surface area (Å²) in [6, 6.07) is 5.65. The Morgan fingerprint density at radius 2 is 2.18 bits per heavy atom. The molecule has 1 unspecified atom stereocenters. The van der Waals surface area contributed by atoms with Gasteiger partial charge < -0.3 is 24.8 Å². The lowest BCUT2D eigenvalue weighted by Crippen LogP contribution is -2.52. The number of ether oxygens (including phenoxy) is 3. The SMILES string of the molecule is CC(C)(CNC(=O)C1COCCN1)c1ccc2c(c1)OCO2. The summed E-state index contributed by atoms with van der Waals surface area (Å²) in [6.45, 7) is 6.80. The third-order valence-electron chi connectivity index (χ3n) is 4.10. The fourth-order valence-corrected chi connectivity index (χ4v) is 2.58. The lowest BCUT2D eigenvalue weighted by molar-refractivity contribution is -0.126. The molecule has 0 radical (unpaired) electrons. The first kappa shape index (κ1) is 15.1. The van der Waals surface area contributed by atoms with Crippen molar-refractivity contribution in [3.63, 3.8) is 0 Å². The molecule has 2 aliphatic heterocycles. The number of hydrogen-bond donors (Lipinski definition) is 2. The van der Waals surface area contributed by atoms with Crippen molar-refractivity contribution in [1.29, 1.82) is 0 Å². The van der Waals surface area contributed by atoms with Gasteiger partial charge in [-0.2, -0.15) is 0 Å². The van der Waals surface area contributed by atoms with Crippen molar-refractivity contribution in [2.24, 2.45) is 0 Å². The van der Waals surface area contributed by atoms with Crippen molar-refractivity contribution < 1.29 is 19.0 Å². The standard InChI is InChI=1S/C16H22N2O4/c1-16(2,9-18-15(19)12-8-20-6-5-17-12)11-3-4-13-14(7-11)22-10-21-13/h3-4,7,12,17H,5-6,8-10H2,1-2H3,(H,18,19). The largest absolute Gasteiger partial charge is 0.454 e. The molecule has 22 heavy (non-hydrogen) atoms. The minimum Gasteiger partial charge on any atom is -0.454 e. The molecular weight excluding hydrogens is 284 g/mol. The zero-order valence-electron chi connectivity index (χ0n) is 13.0. The van der Waals surface area contributed by atoms with Crippen molar-refractivity contribution in [2.75, 3.05) is 33.1 Å². The van der Waals surface area contributed by atoms with E-state index in [0.717, 1.165) is 17.1 Å². The number of fused-ring (bicyclic) bond motifs is 1. The van der Waals surface area contributed by atoms with Crippen LogP contribution in [0.4, 0.5) is 0 Å². The summed E-state index contributed by atoms with van der Waals surface area (Å²) in [5.41, 5.74) is 0.900. The van der Waals surface area contributed by atoms with Crippen LogP contribution in [0.3, 0.4) is 0 Å². The van der Waals surface area contributed by atoms with E-state index in [1.807, 2.05) is 18.2 Å². The van der Waals surface area contributed by atoms with Gasteiger partial charge in [-0.25, -0.2) is 0 Å². The number of rotatable bonds is 4. The van der Waals surface area contributed by atoms with E-state index in [4.69, 9.17) is 14.2 Å². The average molecular weight is 306 g/mol. The Bertz CT molecular complexity index is 553. The second-order valence-electron chi connectivity index (χ2n) is 6.25. The highest BCUT2D eigenvalue weighted by molar-refractivity contribution is 5.82. The van der Waals surface area contributed by atoms with Crippen LogP contribution in [0.2, 0.25) is 0 Å². The van der Waals surface area contributed by atoms with Gasteiger partial charge in [-0.1, -0.05) is 19.9 Å². The van der Waals surface area contributed by atoms with E-state index >= 15 is 0 Å². The second-order valence-corrected chi connectivity index (χ2v) is 6.25. The molecule has 0 bridgehead atoms. The van der Waals surface area contributed by atoms with Gasteiger partial charge in [0.05, 0.1) is 13.2 Å². The summed E-state index contributed by atoms with van der Waals surface area (Å²) in [7, 11) is 0. The van der Waals surface area contributed by atoms with Crippen LogP contribution in [-0.2, 0) is 14.9 Å². The minimum atomic E-state index is -0.263. The minimum absolute atomic E-state index is 0.0199. The van der Waals surface area contributed by atoms with E-state index in [1.165, 1.54) is 0 Å². The molecule has 1 aromatic rings.